The molecule has 0 aliphatic rings. The molecule has 0 radical (unpaired) electrons. The largest absolute Gasteiger partial charge is 0.385 e. The van der Waals surface area contributed by atoms with Gasteiger partial charge in [-0.05, 0) is 24.1 Å². The first-order valence-corrected chi connectivity index (χ1v) is 6.73. The second-order valence-corrected chi connectivity index (χ2v) is 4.74. The van der Waals surface area contributed by atoms with Crippen molar-refractivity contribution in [3.8, 4) is 0 Å². The quantitative estimate of drug-likeness (QED) is 0.480. The predicted octanol–water partition coefficient (Wildman–Crippen LogP) is 2.15. The molecule has 0 aliphatic heterocycles. The van der Waals surface area contributed by atoms with Crippen molar-refractivity contribution in [3.63, 3.8) is 0 Å². The number of methoxy groups -OCH3 is 1. The molecule has 0 aromatic heterocycles. The molecule has 0 unspecified atom stereocenters. The highest BCUT2D eigenvalue weighted by Crippen LogP contribution is 2.11. The van der Waals surface area contributed by atoms with Crippen molar-refractivity contribution in [1.29, 1.82) is 0 Å². The van der Waals surface area contributed by atoms with Crippen molar-refractivity contribution in [3.05, 3.63) is 34.3 Å². The maximum absolute atomic E-state index is 4.99. The fourth-order valence-corrected chi connectivity index (χ4v) is 1.92. The van der Waals surface area contributed by atoms with E-state index in [2.05, 4.69) is 43.7 Å². The van der Waals surface area contributed by atoms with Crippen LogP contribution in [0.5, 0.6) is 0 Å². The summed E-state index contributed by atoms with van der Waals surface area (Å²) in [5.41, 5.74) is 1.21. The monoisotopic (exact) mass is 313 g/mol. The van der Waals surface area contributed by atoms with Gasteiger partial charge in [-0.1, -0.05) is 28.1 Å². The number of hydrogen-bond acceptors (Lipinski definition) is 2. The normalized spacial score (nSPS) is 11.4. The van der Waals surface area contributed by atoms with Crippen LogP contribution in [0.15, 0.2) is 33.7 Å². The molecule has 4 nitrogen and oxygen atoms in total. The summed E-state index contributed by atoms with van der Waals surface area (Å²) in [5.74, 6) is 0.811. The number of nitrogens with zero attached hydrogens (tertiary/aromatic N) is 1. The first-order chi connectivity index (χ1) is 8.76. The Hall–Kier alpha value is -1.07. The summed E-state index contributed by atoms with van der Waals surface area (Å²) in [7, 11) is 3.48. The second-order valence-electron chi connectivity index (χ2n) is 3.83. The maximum Gasteiger partial charge on any atom is 0.191 e. The van der Waals surface area contributed by atoms with Crippen LogP contribution in [0.1, 0.15) is 12.0 Å². The Morgan fingerprint density at radius 2 is 2.22 bits per heavy atom. The third-order valence-electron chi connectivity index (χ3n) is 2.39. The van der Waals surface area contributed by atoms with Gasteiger partial charge in [0.25, 0.3) is 0 Å². The van der Waals surface area contributed by atoms with Gasteiger partial charge in [0.15, 0.2) is 5.96 Å². The second kappa shape index (κ2) is 8.94. The van der Waals surface area contributed by atoms with Crippen molar-refractivity contribution in [2.24, 2.45) is 4.99 Å². The minimum absolute atomic E-state index is 0.753. The molecule has 100 valence electrons. The Labute approximate surface area is 117 Å². The first kappa shape index (κ1) is 15.0. The molecule has 2 N–H and O–H groups in total. The van der Waals surface area contributed by atoms with Gasteiger partial charge in [0.1, 0.15) is 0 Å². The van der Waals surface area contributed by atoms with Crippen LogP contribution in [-0.2, 0) is 11.3 Å². The molecule has 0 heterocycles. The van der Waals surface area contributed by atoms with Gasteiger partial charge in [-0.15, -0.1) is 0 Å². The molecule has 0 amide bonds. The zero-order chi connectivity index (χ0) is 13.2. The van der Waals surface area contributed by atoms with Crippen LogP contribution in [0.25, 0.3) is 0 Å². The number of guanidine groups is 1. The number of benzene rings is 1. The Kier molecular flexibility index (Phi) is 7.44. The van der Waals surface area contributed by atoms with Gasteiger partial charge in [0.05, 0.1) is 0 Å². The zero-order valence-electron chi connectivity index (χ0n) is 10.9. The molecule has 1 aromatic rings. The Bertz CT molecular complexity index is 382. The highest BCUT2D eigenvalue weighted by molar-refractivity contribution is 9.10. The van der Waals surface area contributed by atoms with Gasteiger partial charge < -0.3 is 15.4 Å². The zero-order valence-corrected chi connectivity index (χ0v) is 12.5. The van der Waals surface area contributed by atoms with Crippen LogP contribution < -0.4 is 10.6 Å². The van der Waals surface area contributed by atoms with E-state index in [4.69, 9.17) is 4.74 Å². The van der Waals surface area contributed by atoms with Crippen LogP contribution in [0.4, 0.5) is 0 Å². The molecular formula is C13H20BrN3O. The molecule has 0 spiro atoms. The smallest absolute Gasteiger partial charge is 0.191 e. The van der Waals surface area contributed by atoms with Gasteiger partial charge in [0, 0.05) is 38.3 Å². The summed E-state index contributed by atoms with van der Waals surface area (Å²) in [5, 5.41) is 6.50. The molecule has 5 heteroatoms. The highest BCUT2D eigenvalue weighted by atomic mass is 79.9. The van der Waals surface area contributed by atoms with Crippen LogP contribution in [0.2, 0.25) is 0 Å². The van der Waals surface area contributed by atoms with Crippen LogP contribution in [0, 0.1) is 0 Å². The van der Waals surface area contributed by atoms with Gasteiger partial charge in [-0.25, -0.2) is 0 Å². The summed E-state index contributed by atoms with van der Waals surface area (Å²) < 4.78 is 6.08. The fraction of sp³-hybridized carbons (Fsp3) is 0.462. The molecule has 0 aliphatic carbocycles. The molecule has 18 heavy (non-hydrogen) atoms. The van der Waals surface area contributed by atoms with Gasteiger partial charge in [0.2, 0.25) is 0 Å². The average molecular weight is 314 g/mol. The minimum Gasteiger partial charge on any atom is -0.385 e. The van der Waals surface area contributed by atoms with Crippen LogP contribution in [0.3, 0.4) is 0 Å². The number of aliphatic imine (C=N–C) groups is 1. The Morgan fingerprint density at radius 1 is 1.39 bits per heavy atom. The van der Waals surface area contributed by atoms with Gasteiger partial charge in [-0.2, -0.15) is 0 Å². The number of nitrogens with one attached hydrogen (secondary N) is 2. The molecule has 1 rings (SSSR count). The van der Waals surface area contributed by atoms with Crippen molar-refractivity contribution in [1.82, 2.24) is 10.6 Å². The van der Waals surface area contributed by atoms with E-state index in [-0.39, 0.29) is 0 Å². The number of ether oxygens (including phenoxy) is 1. The molecule has 1 aromatic carbocycles. The maximum atomic E-state index is 4.99. The topological polar surface area (TPSA) is 45.7 Å². The van der Waals surface area contributed by atoms with E-state index in [1.165, 1.54) is 5.56 Å². The molecule has 0 atom stereocenters. The van der Waals surface area contributed by atoms with E-state index in [0.29, 0.717) is 0 Å². The van der Waals surface area contributed by atoms with E-state index < -0.39 is 0 Å². The lowest BCUT2D eigenvalue weighted by molar-refractivity contribution is 0.195. The van der Waals surface area contributed by atoms with E-state index in [0.717, 1.165) is 36.5 Å². The molecule has 0 bridgehead atoms. The summed E-state index contributed by atoms with van der Waals surface area (Å²) >= 11 is 3.46. The van der Waals surface area contributed by atoms with Crippen LogP contribution >= 0.6 is 15.9 Å². The first-order valence-electron chi connectivity index (χ1n) is 5.94. The number of halogens is 1. The van der Waals surface area contributed by atoms with Crippen molar-refractivity contribution in [2.75, 3.05) is 27.3 Å². The van der Waals surface area contributed by atoms with Crippen molar-refractivity contribution < 1.29 is 4.74 Å². The number of hydrogen-bond donors (Lipinski definition) is 2. The van der Waals surface area contributed by atoms with Crippen molar-refractivity contribution in [2.45, 2.75) is 13.0 Å². The predicted molar refractivity (Wildman–Crippen MR) is 78.8 cm³/mol. The number of rotatable bonds is 6. The summed E-state index contributed by atoms with van der Waals surface area (Å²) in [6, 6.07) is 8.21. The average Bonchev–Trinajstić information content (AvgIpc) is 2.38. The molecule has 0 fully saturated rings. The summed E-state index contributed by atoms with van der Waals surface area (Å²) in [4.78, 5) is 4.17. The summed E-state index contributed by atoms with van der Waals surface area (Å²) in [6.07, 6.45) is 0.966. The van der Waals surface area contributed by atoms with Crippen molar-refractivity contribution >= 4 is 21.9 Å². The molecule has 0 saturated carbocycles. The Morgan fingerprint density at radius 3 is 2.89 bits per heavy atom. The molecular weight excluding hydrogens is 294 g/mol. The van der Waals surface area contributed by atoms with E-state index in [1.807, 2.05) is 12.1 Å². The molecule has 0 saturated heterocycles. The van der Waals surface area contributed by atoms with E-state index in [1.54, 1.807) is 14.2 Å². The lowest BCUT2D eigenvalue weighted by Gasteiger charge is -2.11. The standard InChI is InChI=1S/C13H20BrN3O/c1-15-13(16-7-4-8-18-2)17-10-11-5-3-6-12(14)9-11/h3,5-6,9H,4,7-8,10H2,1-2H3,(H2,15,16,17). The third kappa shape index (κ3) is 6.02. The lowest BCUT2D eigenvalue weighted by atomic mass is 10.2. The Balaban J connectivity index is 2.31. The van der Waals surface area contributed by atoms with Gasteiger partial charge >= 0.3 is 0 Å². The minimum atomic E-state index is 0.753. The highest BCUT2D eigenvalue weighted by Gasteiger charge is 1.98. The lowest BCUT2D eigenvalue weighted by Crippen LogP contribution is -2.37. The fourth-order valence-electron chi connectivity index (χ4n) is 1.48. The van der Waals surface area contributed by atoms with E-state index in [9.17, 15) is 0 Å². The van der Waals surface area contributed by atoms with Gasteiger partial charge in [-0.3, -0.25) is 4.99 Å². The third-order valence-corrected chi connectivity index (χ3v) is 2.88. The SMILES string of the molecule is CN=C(NCCCOC)NCc1cccc(Br)c1. The van der Waals surface area contributed by atoms with Crippen LogP contribution in [-0.4, -0.2) is 33.3 Å². The van der Waals surface area contributed by atoms with E-state index >= 15 is 0 Å². The summed E-state index contributed by atoms with van der Waals surface area (Å²) in [6.45, 7) is 2.37.